The van der Waals surface area contributed by atoms with Gasteiger partial charge in [-0.2, -0.15) is 4.31 Å². The summed E-state index contributed by atoms with van der Waals surface area (Å²) in [5.41, 5.74) is -0.329. The van der Waals surface area contributed by atoms with E-state index in [4.69, 9.17) is 5.11 Å². The van der Waals surface area contributed by atoms with E-state index >= 15 is 0 Å². The Bertz CT molecular complexity index is 311. The van der Waals surface area contributed by atoms with Crippen LogP contribution in [-0.2, 0) is 10.0 Å². The molecule has 0 atom stereocenters. The Hall–Kier alpha value is -0.170. The van der Waals surface area contributed by atoms with Crippen molar-refractivity contribution >= 4 is 10.0 Å². The lowest BCUT2D eigenvalue weighted by Crippen LogP contribution is -2.69. The number of hydrogen-bond donors (Lipinski definition) is 2. The zero-order valence-corrected chi connectivity index (χ0v) is 8.89. The summed E-state index contributed by atoms with van der Waals surface area (Å²) in [4.78, 5) is 0. The molecule has 0 saturated carbocycles. The molecule has 0 radical (unpaired) electrons. The van der Waals surface area contributed by atoms with Crippen molar-refractivity contribution < 1.29 is 13.5 Å². The maximum atomic E-state index is 11.7. The Morgan fingerprint density at radius 2 is 2.14 bits per heavy atom. The summed E-state index contributed by atoms with van der Waals surface area (Å²) in [6, 6.07) is 0. The highest BCUT2D eigenvalue weighted by molar-refractivity contribution is 7.89. The number of nitrogens with one attached hydrogen (secondary N) is 1. The molecule has 2 aliphatic rings. The summed E-state index contributed by atoms with van der Waals surface area (Å²) in [5.74, 6) is 0.264. The third-order valence-corrected chi connectivity index (χ3v) is 5.16. The van der Waals surface area contributed by atoms with Crippen LogP contribution in [0.2, 0.25) is 0 Å². The van der Waals surface area contributed by atoms with Crippen LogP contribution in [0.3, 0.4) is 0 Å². The van der Waals surface area contributed by atoms with E-state index in [2.05, 4.69) is 5.32 Å². The highest BCUT2D eigenvalue weighted by Crippen LogP contribution is 2.31. The van der Waals surface area contributed by atoms with Crippen molar-refractivity contribution in [1.29, 1.82) is 0 Å². The van der Waals surface area contributed by atoms with Crippen LogP contribution in [0.5, 0.6) is 0 Å². The van der Waals surface area contributed by atoms with Crippen LogP contribution in [0.25, 0.3) is 0 Å². The molecule has 2 rings (SSSR count). The summed E-state index contributed by atoms with van der Waals surface area (Å²) in [6.45, 7) is 2.01. The zero-order chi connectivity index (χ0) is 10.2. The van der Waals surface area contributed by atoms with Crippen LogP contribution in [0, 0.1) is 0 Å². The molecule has 0 aliphatic carbocycles. The second-order valence-electron chi connectivity index (χ2n) is 4.04. The van der Waals surface area contributed by atoms with Crippen molar-refractivity contribution in [1.82, 2.24) is 9.62 Å². The Balaban J connectivity index is 2.19. The van der Waals surface area contributed by atoms with E-state index in [-0.39, 0.29) is 17.9 Å². The number of hydrogen-bond acceptors (Lipinski definition) is 4. The summed E-state index contributed by atoms with van der Waals surface area (Å²) in [6.07, 6.45) is 1.26. The van der Waals surface area contributed by atoms with Crippen molar-refractivity contribution in [2.24, 2.45) is 0 Å². The maximum absolute atomic E-state index is 11.7. The number of aliphatic hydroxyl groups is 1. The van der Waals surface area contributed by atoms with E-state index in [1.165, 1.54) is 0 Å². The minimum atomic E-state index is -3.05. The van der Waals surface area contributed by atoms with Gasteiger partial charge in [-0.1, -0.05) is 0 Å². The van der Waals surface area contributed by atoms with E-state index < -0.39 is 10.0 Å². The predicted molar refractivity (Wildman–Crippen MR) is 52.4 cm³/mol. The van der Waals surface area contributed by atoms with Gasteiger partial charge >= 0.3 is 0 Å². The Morgan fingerprint density at radius 1 is 1.43 bits per heavy atom. The SMILES string of the molecule is O=S1(=O)CCCN1C1(CCO)CNC1. The average molecular weight is 220 g/mol. The van der Waals surface area contributed by atoms with Gasteiger partial charge in [0.1, 0.15) is 0 Å². The topological polar surface area (TPSA) is 69.6 Å². The third kappa shape index (κ3) is 1.46. The van der Waals surface area contributed by atoms with E-state index in [1.54, 1.807) is 4.31 Å². The molecular formula is C8H16N2O3S. The van der Waals surface area contributed by atoms with Gasteiger partial charge in [0.15, 0.2) is 0 Å². The van der Waals surface area contributed by atoms with Crippen molar-refractivity contribution in [3.8, 4) is 0 Å². The van der Waals surface area contributed by atoms with Crippen LogP contribution in [0.1, 0.15) is 12.8 Å². The molecule has 2 saturated heterocycles. The van der Waals surface area contributed by atoms with E-state index in [0.29, 0.717) is 26.1 Å². The smallest absolute Gasteiger partial charge is 0.214 e. The molecule has 2 heterocycles. The third-order valence-electron chi connectivity index (χ3n) is 3.11. The first-order valence-corrected chi connectivity index (χ1v) is 6.54. The van der Waals surface area contributed by atoms with E-state index in [1.807, 2.05) is 0 Å². The molecule has 2 aliphatic heterocycles. The minimum Gasteiger partial charge on any atom is -0.396 e. The van der Waals surface area contributed by atoms with Gasteiger partial charge in [-0.3, -0.25) is 0 Å². The zero-order valence-electron chi connectivity index (χ0n) is 8.07. The van der Waals surface area contributed by atoms with Crippen LogP contribution in [0.15, 0.2) is 0 Å². The quantitative estimate of drug-likeness (QED) is 0.623. The standard InChI is InChI=1S/C8H16N2O3S/c11-4-2-8(6-9-7-8)10-3-1-5-14(10,12)13/h9,11H,1-7H2. The molecule has 0 aromatic rings. The monoisotopic (exact) mass is 220 g/mol. The number of aliphatic hydroxyl groups excluding tert-OH is 1. The molecule has 0 unspecified atom stereocenters. The van der Waals surface area contributed by atoms with Crippen molar-refractivity contribution in [3.63, 3.8) is 0 Å². The summed E-state index contributed by atoms with van der Waals surface area (Å²) in [5, 5.41) is 12.0. The lowest BCUT2D eigenvalue weighted by atomic mass is 9.89. The normalized spacial score (nSPS) is 30.1. The maximum Gasteiger partial charge on any atom is 0.214 e. The fraction of sp³-hybridized carbons (Fsp3) is 1.00. The molecule has 0 bridgehead atoms. The second kappa shape index (κ2) is 3.44. The molecule has 14 heavy (non-hydrogen) atoms. The van der Waals surface area contributed by atoms with Gasteiger partial charge in [-0.15, -0.1) is 0 Å². The van der Waals surface area contributed by atoms with Gasteiger partial charge in [0.2, 0.25) is 10.0 Å². The van der Waals surface area contributed by atoms with Gasteiger partial charge in [0.05, 0.1) is 11.3 Å². The van der Waals surface area contributed by atoms with Gasteiger partial charge in [0.25, 0.3) is 0 Å². The minimum absolute atomic E-state index is 0.0493. The lowest BCUT2D eigenvalue weighted by Gasteiger charge is -2.47. The number of sulfonamides is 1. The lowest BCUT2D eigenvalue weighted by molar-refractivity contribution is 0.0854. The molecular weight excluding hydrogens is 204 g/mol. The molecule has 0 spiro atoms. The Kier molecular flexibility index (Phi) is 2.55. The number of nitrogens with zero attached hydrogens (tertiary/aromatic N) is 1. The highest BCUT2D eigenvalue weighted by Gasteiger charge is 2.49. The van der Waals surface area contributed by atoms with Crippen LogP contribution >= 0.6 is 0 Å². The molecule has 6 heteroatoms. The van der Waals surface area contributed by atoms with Gasteiger partial charge in [0, 0.05) is 26.2 Å². The van der Waals surface area contributed by atoms with Crippen LogP contribution in [0.4, 0.5) is 0 Å². The fourth-order valence-corrected chi connectivity index (χ4v) is 4.20. The summed E-state index contributed by atoms with van der Waals surface area (Å²) >= 11 is 0. The summed E-state index contributed by atoms with van der Waals surface area (Å²) < 4.78 is 25.0. The molecule has 0 amide bonds. The van der Waals surface area contributed by atoms with Crippen LogP contribution < -0.4 is 5.32 Å². The molecule has 2 fully saturated rings. The second-order valence-corrected chi connectivity index (χ2v) is 6.06. The molecule has 82 valence electrons. The first-order chi connectivity index (χ1) is 6.61. The van der Waals surface area contributed by atoms with Crippen molar-refractivity contribution in [2.75, 3.05) is 32.0 Å². The van der Waals surface area contributed by atoms with Gasteiger partial charge < -0.3 is 10.4 Å². The van der Waals surface area contributed by atoms with Gasteiger partial charge in [-0.25, -0.2) is 8.42 Å². The average Bonchev–Trinajstić information content (AvgIpc) is 2.38. The van der Waals surface area contributed by atoms with Gasteiger partial charge in [-0.05, 0) is 12.8 Å². The molecule has 0 aromatic heterocycles. The predicted octanol–water partition coefficient (Wildman–Crippen LogP) is -1.25. The largest absolute Gasteiger partial charge is 0.396 e. The molecule has 0 aromatic carbocycles. The first kappa shape index (κ1) is 10.4. The first-order valence-electron chi connectivity index (χ1n) is 4.93. The Labute approximate surface area is 84.1 Å². The van der Waals surface area contributed by atoms with Crippen molar-refractivity contribution in [3.05, 3.63) is 0 Å². The molecule has 2 N–H and O–H groups in total. The highest BCUT2D eigenvalue weighted by atomic mass is 32.2. The Morgan fingerprint density at radius 3 is 2.50 bits per heavy atom. The van der Waals surface area contributed by atoms with E-state index in [0.717, 1.165) is 6.42 Å². The fourth-order valence-electron chi connectivity index (χ4n) is 2.27. The van der Waals surface area contributed by atoms with Crippen LogP contribution in [-0.4, -0.2) is 55.4 Å². The summed E-state index contributed by atoms with van der Waals surface area (Å²) in [7, 11) is -3.05. The van der Waals surface area contributed by atoms with Crippen molar-refractivity contribution in [2.45, 2.75) is 18.4 Å². The molecule has 5 nitrogen and oxygen atoms in total. The number of rotatable bonds is 3. The van der Waals surface area contributed by atoms with E-state index in [9.17, 15) is 8.42 Å².